The van der Waals surface area contributed by atoms with Crippen molar-refractivity contribution in [1.82, 2.24) is 4.57 Å². The van der Waals surface area contributed by atoms with Gasteiger partial charge in [0, 0.05) is 30.9 Å². The zero-order chi connectivity index (χ0) is 8.27. The van der Waals surface area contributed by atoms with E-state index in [9.17, 15) is 0 Å². The summed E-state index contributed by atoms with van der Waals surface area (Å²) in [7, 11) is 0. The molecule has 2 nitrogen and oxygen atoms in total. The monoisotopic (exact) mass is 152 g/mol. The summed E-state index contributed by atoms with van der Waals surface area (Å²) in [6, 6.07) is 4.46. The van der Waals surface area contributed by atoms with E-state index in [0.717, 1.165) is 13.0 Å². The Kier molecular flexibility index (Phi) is 2.71. The van der Waals surface area contributed by atoms with E-state index >= 15 is 0 Å². The van der Waals surface area contributed by atoms with Crippen molar-refractivity contribution in [3.05, 3.63) is 24.0 Å². The maximum Gasteiger partial charge on any atom is 0.0193 e. The van der Waals surface area contributed by atoms with Crippen LogP contribution in [-0.2, 0) is 13.0 Å². The molecule has 1 heterocycles. The van der Waals surface area contributed by atoms with Crippen LogP contribution in [0.3, 0.4) is 0 Å². The van der Waals surface area contributed by atoms with Gasteiger partial charge >= 0.3 is 0 Å². The van der Waals surface area contributed by atoms with Crippen LogP contribution in [0.5, 0.6) is 0 Å². The molecule has 0 fully saturated rings. The van der Waals surface area contributed by atoms with E-state index in [-0.39, 0.29) is 6.04 Å². The summed E-state index contributed by atoms with van der Waals surface area (Å²) in [6.07, 6.45) is 3.07. The predicted molar refractivity (Wildman–Crippen MR) is 47.5 cm³/mol. The lowest BCUT2D eigenvalue weighted by Gasteiger charge is -2.07. The number of hydrogen-bond donors (Lipinski definition) is 1. The Balaban J connectivity index is 2.68. The Morgan fingerprint density at radius 2 is 2.36 bits per heavy atom. The average Bonchev–Trinajstić information content (AvgIpc) is 2.34. The van der Waals surface area contributed by atoms with E-state index in [0.29, 0.717) is 0 Å². The van der Waals surface area contributed by atoms with Gasteiger partial charge in [0.25, 0.3) is 0 Å². The molecule has 0 bridgehead atoms. The molecule has 0 radical (unpaired) electrons. The van der Waals surface area contributed by atoms with Crippen LogP contribution in [0, 0.1) is 0 Å². The highest BCUT2D eigenvalue weighted by atomic mass is 15.0. The average molecular weight is 152 g/mol. The van der Waals surface area contributed by atoms with Gasteiger partial charge in [-0.05, 0) is 26.0 Å². The third kappa shape index (κ3) is 2.09. The third-order valence-electron chi connectivity index (χ3n) is 1.80. The molecular weight excluding hydrogens is 136 g/mol. The lowest BCUT2D eigenvalue weighted by molar-refractivity contribution is 0.654. The van der Waals surface area contributed by atoms with Crippen LogP contribution in [0.15, 0.2) is 18.3 Å². The minimum Gasteiger partial charge on any atom is -0.352 e. The first-order valence-corrected chi connectivity index (χ1v) is 4.13. The van der Waals surface area contributed by atoms with Crippen molar-refractivity contribution in [2.75, 3.05) is 0 Å². The Bertz CT molecular complexity index is 213. The normalized spacial score (nSPS) is 13.4. The van der Waals surface area contributed by atoms with Crippen LogP contribution in [0.1, 0.15) is 19.5 Å². The molecule has 2 heteroatoms. The standard InChI is InChI=1S/C9H16N2/c1-3-11-6-4-5-9(11)7-8(2)10/h4-6,8H,3,7,10H2,1-2H3. The van der Waals surface area contributed by atoms with Crippen LogP contribution in [0.4, 0.5) is 0 Å². The van der Waals surface area contributed by atoms with E-state index in [1.807, 2.05) is 6.92 Å². The molecule has 0 aliphatic rings. The Morgan fingerprint density at radius 3 is 2.91 bits per heavy atom. The Labute approximate surface area is 68.0 Å². The number of rotatable bonds is 3. The molecule has 0 saturated heterocycles. The molecule has 1 rings (SSSR count). The minimum absolute atomic E-state index is 0.259. The molecule has 11 heavy (non-hydrogen) atoms. The van der Waals surface area contributed by atoms with Gasteiger partial charge in [-0.25, -0.2) is 0 Å². The number of nitrogens with two attached hydrogens (primary N) is 1. The van der Waals surface area contributed by atoms with Gasteiger partial charge in [0.15, 0.2) is 0 Å². The summed E-state index contributed by atoms with van der Waals surface area (Å²) in [5.74, 6) is 0. The fourth-order valence-electron chi connectivity index (χ4n) is 1.27. The van der Waals surface area contributed by atoms with Crippen molar-refractivity contribution >= 4 is 0 Å². The second kappa shape index (κ2) is 3.58. The molecule has 0 amide bonds. The molecule has 0 spiro atoms. The van der Waals surface area contributed by atoms with Gasteiger partial charge in [0.05, 0.1) is 0 Å². The number of aromatic nitrogens is 1. The largest absolute Gasteiger partial charge is 0.352 e. The van der Waals surface area contributed by atoms with E-state index in [1.165, 1.54) is 5.69 Å². The summed E-state index contributed by atoms with van der Waals surface area (Å²) in [5.41, 5.74) is 7.03. The van der Waals surface area contributed by atoms with Crippen molar-refractivity contribution in [3.8, 4) is 0 Å². The summed E-state index contributed by atoms with van der Waals surface area (Å²) in [4.78, 5) is 0. The van der Waals surface area contributed by atoms with E-state index < -0.39 is 0 Å². The minimum atomic E-state index is 0.259. The quantitative estimate of drug-likeness (QED) is 0.697. The number of nitrogens with zero attached hydrogens (tertiary/aromatic N) is 1. The van der Waals surface area contributed by atoms with Gasteiger partial charge in [-0.1, -0.05) is 0 Å². The zero-order valence-corrected chi connectivity index (χ0v) is 7.25. The number of aryl methyl sites for hydroxylation is 1. The van der Waals surface area contributed by atoms with Crippen LogP contribution < -0.4 is 5.73 Å². The smallest absolute Gasteiger partial charge is 0.0193 e. The fourth-order valence-corrected chi connectivity index (χ4v) is 1.27. The van der Waals surface area contributed by atoms with E-state index in [1.54, 1.807) is 0 Å². The predicted octanol–water partition coefficient (Wildman–Crippen LogP) is 1.40. The van der Waals surface area contributed by atoms with Crippen LogP contribution >= 0.6 is 0 Å². The second-order valence-corrected chi connectivity index (χ2v) is 2.97. The number of hydrogen-bond acceptors (Lipinski definition) is 1. The Hall–Kier alpha value is -0.760. The van der Waals surface area contributed by atoms with Crippen molar-refractivity contribution < 1.29 is 0 Å². The highest BCUT2D eigenvalue weighted by Crippen LogP contribution is 2.04. The molecule has 0 aromatic carbocycles. The van der Waals surface area contributed by atoms with Crippen LogP contribution in [-0.4, -0.2) is 10.6 Å². The van der Waals surface area contributed by atoms with Crippen molar-refractivity contribution in [3.63, 3.8) is 0 Å². The lowest BCUT2D eigenvalue weighted by Crippen LogP contribution is -2.19. The van der Waals surface area contributed by atoms with Gasteiger partial charge in [0.2, 0.25) is 0 Å². The Morgan fingerprint density at radius 1 is 1.64 bits per heavy atom. The van der Waals surface area contributed by atoms with Crippen LogP contribution in [0.25, 0.3) is 0 Å². The first-order chi connectivity index (χ1) is 5.24. The maximum absolute atomic E-state index is 5.69. The second-order valence-electron chi connectivity index (χ2n) is 2.97. The first kappa shape index (κ1) is 8.34. The SMILES string of the molecule is CCn1cccc1CC(C)N. The molecule has 0 aliphatic carbocycles. The van der Waals surface area contributed by atoms with Gasteiger partial charge < -0.3 is 10.3 Å². The molecule has 1 aromatic heterocycles. The van der Waals surface area contributed by atoms with Crippen molar-refractivity contribution in [1.29, 1.82) is 0 Å². The molecule has 1 aromatic rings. The van der Waals surface area contributed by atoms with Gasteiger partial charge in [-0.3, -0.25) is 0 Å². The van der Waals surface area contributed by atoms with Gasteiger partial charge in [-0.2, -0.15) is 0 Å². The molecule has 0 saturated carbocycles. The molecule has 2 N–H and O–H groups in total. The highest BCUT2D eigenvalue weighted by molar-refractivity contribution is 5.08. The van der Waals surface area contributed by atoms with Crippen LogP contribution in [0.2, 0.25) is 0 Å². The fraction of sp³-hybridized carbons (Fsp3) is 0.556. The van der Waals surface area contributed by atoms with E-state index in [2.05, 4.69) is 29.8 Å². The summed E-state index contributed by atoms with van der Waals surface area (Å²) in [6.45, 7) is 5.22. The molecule has 1 unspecified atom stereocenters. The summed E-state index contributed by atoms with van der Waals surface area (Å²) < 4.78 is 2.23. The summed E-state index contributed by atoms with van der Waals surface area (Å²) >= 11 is 0. The molecular formula is C9H16N2. The molecule has 62 valence electrons. The summed E-state index contributed by atoms with van der Waals surface area (Å²) in [5, 5.41) is 0. The highest BCUT2D eigenvalue weighted by Gasteiger charge is 2.00. The lowest BCUT2D eigenvalue weighted by atomic mass is 10.2. The zero-order valence-electron chi connectivity index (χ0n) is 7.25. The van der Waals surface area contributed by atoms with Gasteiger partial charge in [-0.15, -0.1) is 0 Å². The maximum atomic E-state index is 5.69. The molecule has 1 atom stereocenters. The topological polar surface area (TPSA) is 30.9 Å². The van der Waals surface area contributed by atoms with E-state index in [4.69, 9.17) is 5.73 Å². The van der Waals surface area contributed by atoms with Crippen molar-refractivity contribution in [2.45, 2.75) is 32.9 Å². The first-order valence-electron chi connectivity index (χ1n) is 4.13. The third-order valence-corrected chi connectivity index (χ3v) is 1.80. The van der Waals surface area contributed by atoms with Crippen molar-refractivity contribution in [2.24, 2.45) is 5.73 Å². The van der Waals surface area contributed by atoms with Gasteiger partial charge in [0.1, 0.15) is 0 Å². The molecule has 0 aliphatic heterocycles.